The average Bonchev–Trinajstić information content (AvgIpc) is 2.15. The number of aromatic nitrogens is 1. The minimum Gasteiger partial charge on any atom is -0.481 e. The summed E-state index contributed by atoms with van der Waals surface area (Å²) in [5, 5.41) is 0. The average molecular weight is 241 g/mol. The van der Waals surface area contributed by atoms with Crippen molar-refractivity contribution in [2.45, 2.75) is 19.5 Å². The molecule has 0 spiro atoms. The molecular weight excluding hydrogens is 233 g/mol. The summed E-state index contributed by atoms with van der Waals surface area (Å²) in [6.07, 6.45) is -7.78. The van der Waals surface area contributed by atoms with Gasteiger partial charge >= 0.3 is 6.18 Å². The highest BCUT2D eigenvalue weighted by Gasteiger charge is 2.35. The molecule has 1 aromatic heterocycles. The van der Waals surface area contributed by atoms with Crippen molar-refractivity contribution in [3.8, 4) is 5.88 Å². The van der Waals surface area contributed by atoms with Gasteiger partial charge in [-0.15, -0.1) is 0 Å². The molecule has 0 unspecified atom stereocenters. The summed E-state index contributed by atoms with van der Waals surface area (Å²) in [6.45, 7) is 1.23. The van der Waals surface area contributed by atoms with E-state index in [9.17, 15) is 22.0 Å². The number of halogens is 5. The first kappa shape index (κ1) is 12.7. The third kappa shape index (κ3) is 2.40. The van der Waals surface area contributed by atoms with E-state index in [0.717, 1.165) is 7.11 Å². The van der Waals surface area contributed by atoms with Gasteiger partial charge in [0.15, 0.2) is 0 Å². The van der Waals surface area contributed by atoms with Crippen molar-refractivity contribution in [1.82, 2.24) is 4.98 Å². The van der Waals surface area contributed by atoms with Gasteiger partial charge in [-0.1, -0.05) is 0 Å². The Kier molecular flexibility index (Phi) is 3.35. The van der Waals surface area contributed by atoms with Crippen LogP contribution in [0.15, 0.2) is 6.07 Å². The van der Waals surface area contributed by atoms with Crippen LogP contribution < -0.4 is 4.74 Å². The zero-order valence-electron chi connectivity index (χ0n) is 8.40. The molecule has 1 heterocycles. The minimum absolute atomic E-state index is 0.0921. The number of ether oxygens (including phenoxy) is 1. The van der Waals surface area contributed by atoms with E-state index in [1.54, 1.807) is 0 Å². The summed E-state index contributed by atoms with van der Waals surface area (Å²) >= 11 is 0. The first-order valence-electron chi connectivity index (χ1n) is 4.18. The third-order valence-corrected chi connectivity index (χ3v) is 1.99. The molecule has 90 valence electrons. The van der Waals surface area contributed by atoms with Gasteiger partial charge < -0.3 is 4.74 Å². The minimum atomic E-state index is -4.77. The Morgan fingerprint density at radius 1 is 1.31 bits per heavy atom. The molecule has 0 fully saturated rings. The summed E-state index contributed by atoms with van der Waals surface area (Å²) in [7, 11) is 1.07. The van der Waals surface area contributed by atoms with Gasteiger partial charge in [0.05, 0.1) is 7.11 Å². The van der Waals surface area contributed by atoms with E-state index in [4.69, 9.17) is 0 Å². The molecule has 0 aliphatic heterocycles. The highest BCUT2D eigenvalue weighted by molar-refractivity contribution is 5.37. The van der Waals surface area contributed by atoms with Gasteiger partial charge in [0.25, 0.3) is 6.43 Å². The smallest absolute Gasteiger partial charge is 0.433 e. The lowest BCUT2D eigenvalue weighted by atomic mass is 10.1. The summed E-state index contributed by atoms with van der Waals surface area (Å²) in [6, 6.07) is 0.336. The molecule has 0 saturated heterocycles. The van der Waals surface area contributed by atoms with E-state index in [1.165, 1.54) is 6.92 Å². The van der Waals surface area contributed by atoms with E-state index in [2.05, 4.69) is 9.72 Å². The van der Waals surface area contributed by atoms with Crippen molar-refractivity contribution >= 4 is 0 Å². The fourth-order valence-electron chi connectivity index (χ4n) is 1.18. The molecule has 0 atom stereocenters. The van der Waals surface area contributed by atoms with Crippen LogP contribution in [0.25, 0.3) is 0 Å². The van der Waals surface area contributed by atoms with Crippen LogP contribution in [0, 0.1) is 6.92 Å². The highest BCUT2D eigenvalue weighted by Crippen LogP contribution is 2.35. The van der Waals surface area contributed by atoms with Crippen molar-refractivity contribution < 1.29 is 26.7 Å². The molecule has 0 aliphatic carbocycles. The van der Waals surface area contributed by atoms with Gasteiger partial charge in [-0.2, -0.15) is 13.2 Å². The molecule has 2 nitrogen and oxygen atoms in total. The summed E-state index contributed by atoms with van der Waals surface area (Å²) in [5.74, 6) is -0.440. The molecule has 7 heteroatoms. The second kappa shape index (κ2) is 4.23. The van der Waals surface area contributed by atoms with Crippen LogP contribution in [-0.4, -0.2) is 12.1 Å². The lowest BCUT2D eigenvalue weighted by molar-refractivity contribution is -0.141. The normalized spacial score (nSPS) is 12.0. The maximum atomic E-state index is 12.5. The van der Waals surface area contributed by atoms with E-state index in [0.29, 0.717) is 6.07 Å². The Balaban J connectivity index is 3.40. The topological polar surface area (TPSA) is 22.1 Å². The Morgan fingerprint density at radius 3 is 2.25 bits per heavy atom. The van der Waals surface area contributed by atoms with Crippen LogP contribution in [0.3, 0.4) is 0 Å². The first-order valence-corrected chi connectivity index (χ1v) is 4.18. The van der Waals surface area contributed by atoms with Crippen LogP contribution in [0.5, 0.6) is 5.88 Å². The molecule has 0 radical (unpaired) electrons. The Morgan fingerprint density at radius 2 is 1.88 bits per heavy atom. The fraction of sp³-hybridized carbons (Fsp3) is 0.444. The number of nitrogens with zero attached hydrogens (tertiary/aromatic N) is 1. The second-order valence-electron chi connectivity index (χ2n) is 3.03. The zero-order valence-corrected chi connectivity index (χ0v) is 8.40. The lowest BCUT2D eigenvalue weighted by Crippen LogP contribution is -2.11. The predicted molar refractivity (Wildman–Crippen MR) is 45.5 cm³/mol. The lowest BCUT2D eigenvalue weighted by Gasteiger charge is -2.13. The highest BCUT2D eigenvalue weighted by atomic mass is 19.4. The molecule has 0 bridgehead atoms. The molecule has 0 N–H and O–H groups in total. The van der Waals surface area contributed by atoms with Crippen LogP contribution in [-0.2, 0) is 6.18 Å². The van der Waals surface area contributed by atoms with E-state index < -0.39 is 29.7 Å². The molecule has 0 aliphatic rings. The standard InChI is InChI=1S/C9H8F5NO/c1-4-5(7(10)11)3-6(9(12,13)14)15-8(4)16-2/h3,7H,1-2H3. The van der Waals surface area contributed by atoms with Crippen molar-refractivity contribution in [2.24, 2.45) is 0 Å². The zero-order chi connectivity index (χ0) is 12.5. The maximum Gasteiger partial charge on any atom is 0.433 e. The monoisotopic (exact) mass is 241 g/mol. The molecule has 0 aromatic carbocycles. The van der Waals surface area contributed by atoms with Gasteiger partial charge in [0, 0.05) is 11.1 Å². The van der Waals surface area contributed by atoms with Crippen molar-refractivity contribution in [3.05, 3.63) is 22.9 Å². The molecular formula is C9H8F5NO. The van der Waals surface area contributed by atoms with Gasteiger partial charge in [-0.25, -0.2) is 13.8 Å². The molecule has 0 amide bonds. The summed E-state index contributed by atoms with van der Waals surface area (Å²) in [4.78, 5) is 3.12. The number of hydrogen-bond acceptors (Lipinski definition) is 2. The number of pyridine rings is 1. The molecule has 16 heavy (non-hydrogen) atoms. The third-order valence-electron chi connectivity index (χ3n) is 1.99. The first-order chi connectivity index (χ1) is 7.27. The second-order valence-corrected chi connectivity index (χ2v) is 3.03. The van der Waals surface area contributed by atoms with E-state index in [-0.39, 0.29) is 5.56 Å². The van der Waals surface area contributed by atoms with E-state index in [1.807, 2.05) is 0 Å². The van der Waals surface area contributed by atoms with Gasteiger partial charge in [0.2, 0.25) is 5.88 Å². The number of methoxy groups -OCH3 is 1. The molecule has 1 rings (SSSR count). The maximum absolute atomic E-state index is 12.5. The predicted octanol–water partition coefficient (Wildman–Crippen LogP) is 3.36. The number of rotatable bonds is 2. The van der Waals surface area contributed by atoms with E-state index >= 15 is 0 Å². The fourth-order valence-corrected chi connectivity index (χ4v) is 1.18. The van der Waals surface area contributed by atoms with Gasteiger partial charge in [-0.05, 0) is 13.0 Å². The molecule has 0 saturated carbocycles. The summed E-state index contributed by atoms with van der Waals surface area (Å²) < 4.78 is 66.4. The SMILES string of the molecule is COc1nc(C(F)(F)F)cc(C(F)F)c1C. The van der Waals surface area contributed by atoms with Crippen LogP contribution in [0.4, 0.5) is 22.0 Å². The van der Waals surface area contributed by atoms with Gasteiger partial charge in [0.1, 0.15) is 5.69 Å². The van der Waals surface area contributed by atoms with Crippen molar-refractivity contribution in [1.29, 1.82) is 0 Å². The van der Waals surface area contributed by atoms with Crippen LogP contribution in [0.2, 0.25) is 0 Å². The Bertz CT molecular complexity index is 388. The Hall–Kier alpha value is -1.40. The number of hydrogen-bond donors (Lipinski definition) is 0. The van der Waals surface area contributed by atoms with Crippen LogP contribution >= 0.6 is 0 Å². The molecule has 1 aromatic rings. The van der Waals surface area contributed by atoms with Crippen LogP contribution in [0.1, 0.15) is 23.2 Å². The number of alkyl halides is 5. The summed E-state index contributed by atoms with van der Waals surface area (Å²) in [5.41, 5.74) is -2.20. The van der Waals surface area contributed by atoms with Gasteiger partial charge in [-0.3, -0.25) is 0 Å². The Labute approximate surface area is 88.1 Å². The quantitative estimate of drug-likeness (QED) is 0.740. The van der Waals surface area contributed by atoms with Crippen molar-refractivity contribution in [2.75, 3.05) is 7.11 Å². The van der Waals surface area contributed by atoms with Crippen molar-refractivity contribution in [3.63, 3.8) is 0 Å². The largest absolute Gasteiger partial charge is 0.481 e.